The Balaban J connectivity index is 1.89. The topological polar surface area (TPSA) is 46.8 Å². The third-order valence-electron chi connectivity index (χ3n) is 3.73. The van der Waals surface area contributed by atoms with Crippen LogP contribution >= 0.6 is 11.3 Å². The van der Waals surface area contributed by atoms with Crippen molar-refractivity contribution in [1.82, 2.24) is 14.3 Å². The van der Waals surface area contributed by atoms with E-state index in [0.29, 0.717) is 12.6 Å². The van der Waals surface area contributed by atoms with Crippen LogP contribution in [0.1, 0.15) is 25.2 Å². The molecule has 0 aliphatic carbocycles. The highest BCUT2D eigenvalue weighted by atomic mass is 32.1. The monoisotopic (exact) mass is 293 g/mol. The summed E-state index contributed by atoms with van der Waals surface area (Å²) in [5, 5.41) is 1.97. The molecule has 1 saturated heterocycles. The molecule has 1 aliphatic rings. The highest BCUT2D eigenvalue weighted by Crippen LogP contribution is 2.16. The molecule has 0 N–H and O–H groups in total. The fourth-order valence-corrected chi connectivity index (χ4v) is 3.47. The summed E-state index contributed by atoms with van der Waals surface area (Å²) >= 11 is 1.51. The third-order valence-corrected chi connectivity index (χ3v) is 4.67. The largest absolute Gasteiger partial charge is 0.376 e. The van der Waals surface area contributed by atoms with E-state index < -0.39 is 0 Å². The number of morpholine rings is 1. The first-order valence-corrected chi connectivity index (χ1v) is 7.75. The average molecular weight is 293 g/mol. The van der Waals surface area contributed by atoms with E-state index in [9.17, 15) is 4.79 Å². The van der Waals surface area contributed by atoms with E-state index in [1.807, 2.05) is 12.3 Å². The van der Waals surface area contributed by atoms with Crippen molar-refractivity contribution in [2.75, 3.05) is 13.2 Å². The second-order valence-corrected chi connectivity index (χ2v) is 6.34. The van der Waals surface area contributed by atoms with E-state index in [-0.39, 0.29) is 11.7 Å². The van der Waals surface area contributed by atoms with Crippen LogP contribution in [0.15, 0.2) is 16.2 Å². The normalized spacial score (nSPS) is 24.4. The lowest BCUT2D eigenvalue weighted by atomic mass is 10.2. The molecule has 6 heteroatoms. The molecule has 1 aliphatic heterocycles. The third kappa shape index (κ3) is 2.51. The van der Waals surface area contributed by atoms with Gasteiger partial charge in [0.05, 0.1) is 18.4 Å². The van der Waals surface area contributed by atoms with Crippen LogP contribution in [-0.4, -0.2) is 39.6 Å². The summed E-state index contributed by atoms with van der Waals surface area (Å²) in [5.74, 6) is 0. The van der Waals surface area contributed by atoms with Gasteiger partial charge in [0.25, 0.3) is 5.56 Å². The Kier molecular flexibility index (Phi) is 3.62. The summed E-state index contributed by atoms with van der Waals surface area (Å²) in [4.78, 5) is 19.9. The first-order valence-electron chi connectivity index (χ1n) is 6.87. The molecule has 3 heterocycles. The number of aryl methyl sites for hydroxylation is 1. The molecule has 2 aromatic rings. The van der Waals surface area contributed by atoms with Crippen molar-refractivity contribution in [2.24, 2.45) is 0 Å². The van der Waals surface area contributed by atoms with Crippen molar-refractivity contribution >= 4 is 16.3 Å². The predicted molar refractivity (Wildman–Crippen MR) is 79.4 cm³/mol. The standard InChI is InChI=1S/C14H19N3O2S/c1-9-7-19-11(3)5-16(9)6-12-4-13(18)17-10(2)8-20-14(17)15-12/h4,8-9,11H,5-7H2,1-3H3/t9-,11-/m1/s1. The summed E-state index contributed by atoms with van der Waals surface area (Å²) in [6, 6.07) is 2.01. The summed E-state index contributed by atoms with van der Waals surface area (Å²) in [6.07, 6.45) is 0.236. The summed E-state index contributed by atoms with van der Waals surface area (Å²) in [7, 11) is 0. The van der Waals surface area contributed by atoms with Crippen molar-refractivity contribution < 1.29 is 4.74 Å². The van der Waals surface area contributed by atoms with Gasteiger partial charge in [-0.05, 0) is 20.8 Å². The zero-order valence-corrected chi connectivity index (χ0v) is 12.8. The maximum absolute atomic E-state index is 12.2. The van der Waals surface area contributed by atoms with Crippen LogP contribution in [0, 0.1) is 6.92 Å². The van der Waals surface area contributed by atoms with Crippen molar-refractivity contribution in [2.45, 2.75) is 39.5 Å². The molecule has 0 bridgehead atoms. The van der Waals surface area contributed by atoms with E-state index in [1.165, 1.54) is 11.3 Å². The first kappa shape index (κ1) is 13.7. The van der Waals surface area contributed by atoms with Crippen LogP contribution in [0.2, 0.25) is 0 Å². The van der Waals surface area contributed by atoms with Gasteiger partial charge in [0.2, 0.25) is 0 Å². The van der Waals surface area contributed by atoms with E-state index in [4.69, 9.17) is 4.74 Å². The smallest absolute Gasteiger partial charge is 0.259 e. The summed E-state index contributed by atoms with van der Waals surface area (Å²) in [6.45, 7) is 8.47. The number of nitrogens with zero attached hydrogens (tertiary/aromatic N) is 3. The predicted octanol–water partition coefficient (Wildman–Crippen LogP) is 1.67. The van der Waals surface area contributed by atoms with Crippen LogP contribution < -0.4 is 5.56 Å². The Bertz CT molecular complexity index is 679. The van der Waals surface area contributed by atoms with Crippen molar-refractivity contribution in [1.29, 1.82) is 0 Å². The second kappa shape index (κ2) is 5.27. The van der Waals surface area contributed by atoms with Gasteiger partial charge in [0.15, 0.2) is 4.96 Å². The van der Waals surface area contributed by atoms with Gasteiger partial charge >= 0.3 is 0 Å². The van der Waals surface area contributed by atoms with Gasteiger partial charge in [-0.15, -0.1) is 11.3 Å². The molecule has 2 atom stereocenters. The Morgan fingerprint density at radius 2 is 2.30 bits per heavy atom. The molecule has 0 aromatic carbocycles. The van der Waals surface area contributed by atoms with E-state index in [2.05, 4.69) is 23.7 Å². The molecule has 0 saturated carbocycles. The number of ether oxygens (including phenoxy) is 1. The molecule has 108 valence electrons. The molecule has 3 rings (SSSR count). The van der Waals surface area contributed by atoms with E-state index in [1.54, 1.807) is 10.5 Å². The number of hydrogen-bond donors (Lipinski definition) is 0. The summed E-state index contributed by atoms with van der Waals surface area (Å²) in [5.41, 5.74) is 1.80. The van der Waals surface area contributed by atoms with Crippen LogP contribution in [-0.2, 0) is 11.3 Å². The first-order chi connectivity index (χ1) is 9.54. The Morgan fingerprint density at radius 1 is 1.50 bits per heavy atom. The zero-order chi connectivity index (χ0) is 14.3. The van der Waals surface area contributed by atoms with Gasteiger partial charge < -0.3 is 4.74 Å². The lowest BCUT2D eigenvalue weighted by Gasteiger charge is -2.36. The highest BCUT2D eigenvalue weighted by molar-refractivity contribution is 7.15. The minimum Gasteiger partial charge on any atom is -0.376 e. The molecule has 5 nitrogen and oxygen atoms in total. The lowest BCUT2D eigenvalue weighted by molar-refractivity contribution is -0.0530. The molecular formula is C14H19N3O2S. The van der Waals surface area contributed by atoms with E-state index in [0.717, 1.165) is 29.5 Å². The van der Waals surface area contributed by atoms with Crippen molar-refractivity contribution in [3.63, 3.8) is 0 Å². The van der Waals surface area contributed by atoms with Gasteiger partial charge in [-0.25, -0.2) is 4.98 Å². The van der Waals surface area contributed by atoms with Crippen LogP contribution in [0.25, 0.3) is 4.96 Å². The Morgan fingerprint density at radius 3 is 3.10 bits per heavy atom. The van der Waals surface area contributed by atoms with E-state index >= 15 is 0 Å². The molecule has 0 amide bonds. The van der Waals surface area contributed by atoms with Crippen LogP contribution in [0.3, 0.4) is 0 Å². The molecular weight excluding hydrogens is 274 g/mol. The molecule has 2 aromatic heterocycles. The fraction of sp³-hybridized carbons (Fsp3) is 0.571. The quantitative estimate of drug-likeness (QED) is 0.845. The van der Waals surface area contributed by atoms with Gasteiger partial charge in [0.1, 0.15) is 0 Å². The Labute approximate surface area is 121 Å². The number of hydrogen-bond acceptors (Lipinski definition) is 5. The molecule has 20 heavy (non-hydrogen) atoms. The molecule has 1 fully saturated rings. The second-order valence-electron chi connectivity index (χ2n) is 5.50. The minimum absolute atomic E-state index is 0.0118. The average Bonchev–Trinajstić information content (AvgIpc) is 2.76. The summed E-state index contributed by atoms with van der Waals surface area (Å²) < 4.78 is 7.30. The number of rotatable bonds is 2. The Hall–Kier alpha value is -1.24. The SMILES string of the molecule is Cc1csc2nc(CN3C[C@@H](C)OC[C@H]3C)cc(=O)n12. The van der Waals surface area contributed by atoms with Gasteiger partial charge in [-0.1, -0.05) is 0 Å². The zero-order valence-electron chi connectivity index (χ0n) is 12.0. The molecule has 0 radical (unpaired) electrons. The fourth-order valence-electron chi connectivity index (χ4n) is 2.58. The van der Waals surface area contributed by atoms with Crippen LogP contribution in [0.5, 0.6) is 0 Å². The number of aromatic nitrogens is 2. The highest BCUT2D eigenvalue weighted by Gasteiger charge is 2.24. The number of thiazole rings is 1. The van der Waals surface area contributed by atoms with Gasteiger partial charge in [-0.2, -0.15) is 0 Å². The lowest BCUT2D eigenvalue weighted by Crippen LogP contribution is -2.46. The minimum atomic E-state index is 0.0118. The maximum atomic E-state index is 12.2. The number of fused-ring (bicyclic) bond motifs is 1. The van der Waals surface area contributed by atoms with Crippen LogP contribution in [0.4, 0.5) is 0 Å². The molecule has 0 spiro atoms. The van der Waals surface area contributed by atoms with Crippen molar-refractivity contribution in [3.05, 3.63) is 33.2 Å². The van der Waals surface area contributed by atoms with Gasteiger partial charge in [-0.3, -0.25) is 14.1 Å². The van der Waals surface area contributed by atoms with Crippen molar-refractivity contribution in [3.8, 4) is 0 Å². The van der Waals surface area contributed by atoms with Gasteiger partial charge in [0, 0.05) is 36.3 Å². The maximum Gasteiger partial charge on any atom is 0.259 e. The molecule has 0 unspecified atom stereocenters.